The SMILES string of the molecule is C(=Cn1c(-c2ccccc2)c[n+]2ccccc12)n1c(-c2ccccc2)c[n+]2ccccc12. The highest BCUT2D eigenvalue weighted by molar-refractivity contribution is 5.71. The number of aromatic nitrogens is 4. The Hall–Kier alpha value is -4.44. The number of rotatable bonds is 4. The lowest BCUT2D eigenvalue weighted by Crippen LogP contribution is -2.17. The van der Waals surface area contributed by atoms with E-state index in [2.05, 4.69) is 152 Å². The number of benzene rings is 2. The third kappa shape index (κ3) is 3.10. The van der Waals surface area contributed by atoms with E-state index >= 15 is 0 Å². The van der Waals surface area contributed by atoms with E-state index < -0.39 is 0 Å². The van der Waals surface area contributed by atoms with Gasteiger partial charge < -0.3 is 0 Å². The van der Waals surface area contributed by atoms with Crippen LogP contribution in [0.1, 0.15) is 0 Å². The van der Waals surface area contributed by atoms with Gasteiger partial charge in [-0.3, -0.25) is 0 Å². The Balaban J connectivity index is 1.57. The monoisotopic (exact) mass is 414 g/mol. The summed E-state index contributed by atoms with van der Waals surface area (Å²) < 4.78 is 8.80. The van der Waals surface area contributed by atoms with Crippen molar-refractivity contribution in [1.29, 1.82) is 0 Å². The third-order valence-corrected chi connectivity index (χ3v) is 5.77. The van der Waals surface area contributed by atoms with Gasteiger partial charge in [-0.15, -0.1) is 0 Å². The summed E-state index contributed by atoms with van der Waals surface area (Å²) in [6.45, 7) is 0. The van der Waals surface area contributed by atoms with Crippen LogP contribution in [0.5, 0.6) is 0 Å². The molecule has 0 aliphatic rings. The summed E-state index contributed by atoms with van der Waals surface area (Å²) in [4.78, 5) is 0. The third-order valence-electron chi connectivity index (χ3n) is 5.77. The highest BCUT2D eigenvalue weighted by Crippen LogP contribution is 2.23. The topological polar surface area (TPSA) is 18.1 Å². The molecule has 0 fully saturated rings. The zero-order valence-corrected chi connectivity index (χ0v) is 17.5. The molecule has 0 amide bonds. The van der Waals surface area contributed by atoms with Crippen molar-refractivity contribution in [3.8, 4) is 22.5 Å². The van der Waals surface area contributed by atoms with Gasteiger partial charge in [0.25, 0.3) is 11.3 Å². The lowest BCUT2D eigenvalue weighted by Gasteiger charge is -1.99. The van der Waals surface area contributed by atoms with Crippen LogP contribution in [0, 0.1) is 0 Å². The summed E-state index contributed by atoms with van der Waals surface area (Å²) in [5.74, 6) is 0. The zero-order chi connectivity index (χ0) is 21.3. The molecule has 2 aromatic carbocycles. The van der Waals surface area contributed by atoms with Gasteiger partial charge in [-0.2, -0.15) is 9.13 Å². The van der Waals surface area contributed by atoms with E-state index in [1.165, 1.54) is 11.1 Å². The molecular formula is C28H22N4+2. The number of pyridine rings is 2. The Bertz CT molecular complexity index is 1440. The van der Waals surface area contributed by atoms with Crippen LogP contribution in [-0.4, -0.2) is 9.13 Å². The molecule has 32 heavy (non-hydrogen) atoms. The highest BCUT2D eigenvalue weighted by Gasteiger charge is 2.20. The van der Waals surface area contributed by atoms with Crippen molar-refractivity contribution < 1.29 is 8.80 Å². The van der Waals surface area contributed by atoms with Crippen LogP contribution in [0.15, 0.2) is 122 Å². The number of hydrogen-bond acceptors (Lipinski definition) is 0. The molecule has 0 saturated carbocycles. The molecule has 152 valence electrons. The van der Waals surface area contributed by atoms with Crippen molar-refractivity contribution in [1.82, 2.24) is 9.13 Å². The van der Waals surface area contributed by atoms with Gasteiger partial charge in [0.05, 0.1) is 12.4 Å². The maximum absolute atomic E-state index is 2.24. The van der Waals surface area contributed by atoms with Crippen molar-refractivity contribution in [3.05, 3.63) is 122 Å². The molecule has 0 spiro atoms. The largest absolute Gasteiger partial charge is 0.291 e. The highest BCUT2D eigenvalue weighted by atomic mass is 15.1. The van der Waals surface area contributed by atoms with Crippen molar-refractivity contribution in [2.24, 2.45) is 0 Å². The zero-order valence-electron chi connectivity index (χ0n) is 17.5. The Kier molecular flexibility index (Phi) is 4.40. The van der Waals surface area contributed by atoms with Crippen LogP contribution in [0.25, 0.3) is 46.2 Å². The van der Waals surface area contributed by atoms with Crippen LogP contribution >= 0.6 is 0 Å². The molecule has 4 aromatic heterocycles. The second kappa shape index (κ2) is 7.67. The second-order valence-corrected chi connectivity index (χ2v) is 7.73. The minimum absolute atomic E-state index is 1.10. The van der Waals surface area contributed by atoms with Gasteiger partial charge >= 0.3 is 0 Å². The van der Waals surface area contributed by atoms with Crippen LogP contribution in [-0.2, 0) is 0 Å². The van der Waals surface area contributed by atoms with Gasteiger partial charge in [0.1, 0.15) is 24.8 Å². The first-order valence-electron chi connectivity index (χ1n) is 10.7. The van der Waals surface area contributed by atoms with Gasteiger partial charge in [0, 0.05) is 23.3 Å². The smallest absolute Gasteiger partial charge is 0.202 e. The first kappa shape index (κ1) is 18.3. The number of imidazole rings is 2. The fourth-order valence-electron chi connectivity index (χ4n) is 4.25. The Morgan fingerprint density at radius 3 is 1.31 bits per heavy atom. The minimum atomic E-state index is 1.10. The number of fused-ring (bicyclic) bond motifs is 2. The van der Waals surface area contributed by atoms with E-state index in [0.717, 1.165) is 22.7 Å². The average molecular weight is 415 g/mol. The fourth-order valence-corrected chi connectivity index (χ4v) is 4.25. The summed E-state index contributed by atoms with van der Waals surface area (Å²) in [5, 5.41) is 0. The predicted molar refractivity (Wildman–Crippen MR) is 128 cm³/mol. The summed E-state index contributed by atoms with van der Waals surface area (Å²) in [5.41, 5.74) is 6.84. The van der Waals surface area contributed by atoms with Gasteiger partial charge in [-0.05, 0) is 12.1 Å². The van der Waals surface area contributed by atoms with Gasteiger partial charge in [-0.25, -0.2) is 8.80 Å². The summed E-state index contributed by atoms with van der Waals surface area (Å²) in [6.07, 6.45) is 12.8. The molecule has 6 aromatic rings. The molecule has 0 aliphatic heterocycles. The molecule has 4 heterocycles. The maximum Gasteiger partial charge on any atom is 0.291 e. The minimum Gasteiger partial charge on any atom is -0.202 e. The van der Waals surface area contributed by atoms with E-state index in [1.54, 1.807) is 0 Å². The van der Waals surface area contributed by atoms with Crippen LogP contribution < -0.4 is 8.80 Å². The molecule has 0 saturated heterocycles. The van der Waals surface area contributed by atoms with Crippen LogP contribution in [0.3, 0.4) is 0 Å². The van der Waals surface area contributed by atoms with Gasteiger partial charge in [-0.1, -0.05) is 72.8 Å². The number of hydrogen-bond donors (Lipinski definition) is 0. The van der Waals surface area contributed by atoms with Gasteiger partial charge in [0.2, 0.25) is 0 Å². The molecular weight excluding hydrogens is 392 g/mol. The lowest BCUT2D eigenvalue weighted by atomic mass is 10.2. The molecule has 4 nitrogen and oxygen atoms in total. The average Bonchev–Trinajstić information content (AvgIpc) is 3.42. The van der Waals surface area contributed by atoms with E-state index in [4.69, 9.17) is 0 Å². The van der Waals surface area contributed by atoms with Gasteiger partial charge in [0.15, 0.2) is 11.4 Å². The van der Waals surface area contributed by atoms with E-state index in [1.807, 2.05) is 0 Å². The normalized spacial score (nSPS) is 11.6. The Labute approximate surface area is 186 Å². The van der Waals surface area contributed by atoms with Crippen molar-refractivity contribution in [2.45, 2.75) is 0 Å². The summed E-state index contributed by atoms with van der Waals surface area (Å²) in [7, 11) is 0. The molecule has 0 bridgehead atoms. The maximum atomic E-state index is 2.24. The van der Waals surface area contributed by atoms with E-state index in [0.29, 0.717) is 0 Å². The second-order valence-electron chi connectivity index (χ2n) is 7.73. The Morgan fingerprint density at radius 2 is 0.875 bits per heavy atom. The molecule has 0 unspecified atom stereocenters. The number of nitrogens with zero attached hydrogens (tertiary/aromatic N) is 4. The fraction of sp³-hybridized carbons (Fsp3) is 0. The molecule has 0 atom stereocenters. The molecule has 4 heteroatoms. The van der Waals surface area contributed by atoms with E-state index in [-0.39, 0.29) is 0 Å². The summed E-state index contributed by atoms with van der Waals surface area (Å²) in [6, 6.07) is 33.5. The van der Waals surface area contributed by atoms with Crippen LogP contribution in [0.2, 0.25) is 0 Å². The first-order valence-corrected chi connectivity index (χ1v) is 10.7. The van der Waals surface area contributed by atoms with E-state index in [9.17, 15) is 0 Å². The molecule has 6 rings (SSSR count). The van der Waals surface area contributed by atoms with Crippen molar-refractivity contribution >= 4 is 23.7 Å². The summed E-state index contributed by atoms with van der Waals surface area (Å²) >= 11 is 0. The quantitative estimate of drug-likeness (QED) is 0.354. The first-order chi connectivity index (χ1) is 15.9. The van der Waals surface area contributed by atoms with Crippen molar-refractivity contribution in [2.75, 3.05) is 0 Å². The Morgan fingerprint density at radius 1 is 0.469 bits per heavy atom. The standard InChI is InChI=1S/C28H22N4/c1-3-11-23(12-4-1)25-21-29-17-9-7-15-27(29)31(25)19-20-32-26(24-13-5-2-6-14-24)22-30-18-10-8-16-28(30)32/h1-22H/q+2. The predicted octanol–water partition coefficient (Wildman–Crippen LogP) is 5.19. The molecule has 0 radical (unpaired) electrons. The van der Waals surface area contributed by atoms with Crippen molar-refractivity contribution in [3.63, 3.8) is 0 Å². The van der Waals surface area contributed by atoms with Crippen LogP contribution in [0.4, 0.5) is 0 Å². The molecule has 0 aliphatic carbocycles. The lowest BCUT2D eigenvalue weighted by molar-refractivity contribution is -0.510. The molecule has 0 N–H and O–H groups in total.